The number of rotatable bonds is 9. The van der Waals surface area contributed by atoms with Crippen LogP contribution in [0.4, 0.5) is 0 Å². The van der Waals surface area contributed by atoms with Gasteiger partial charge in [0.1, 0.15) is 4.90 Å². The number of ether oxygens (including phenoxy) is 1. The number of nitrogens with one attached hydrogen (secondary N) is 1. The molecule has 0 radical (unpaired) electrons. The lowest BCUT2D eigenvalue weighted by molar-refractivity contribution is -0.134. The summed E-state index contributed by atoms with van der Waals surface area (Å²) in [6.07, 6.45) is 1.83. The summed E-state index contributed by atoms with van der Waals surface area (Å²) in [5.41, 5.74) is 0.00244. The van der Waals surface area contributed by atoms with Crippen LogP contribution in [0.2, 0.25) is 5.02 Å². The average Bonchev–Trinajstić information content (AvgIpc) is 2.60. The first-order valence-electron chi connectivity index (χ1n) is 7.94. The van der Waals surface area contributed by atoms with Gasteiger partial charge in [-0.25, -0.2) is 17.9 Å². The van der Waals surface area contributed by atoms with E-state index in [0.717, 1.165) is 18.9 Å². The van der Waals surface area contributed by atoms with Crippen molar-refractivity contribution in [1.29, 1.82) is 0 Å². The number of unbranched alkanes of at least 4 members (excludes halogenated alkanes) is 1. The van der Waals surface area contributed by atoms with Gasteiger partial charge in [0.25, 0.3) is 5.91 Å². The van der Waals surface area contributed by atoms with Crippen molar-refractivity contribution in [3.63, 3.8) is 0 Å². The lowest BCUT2D eigenvalue weighted by Crippen LogP contribution is -2.35. The Hall–Kier alpha value is -1.64. The van der Waals surface area contributed by atoms with Crippen molar-refractivity contribution in [2.75, 3.05) is 26.7 Å². The molecule has 0 heterocycles. The van der Waals surface area contributed by atoms with E-state index in [1.54, 1.807) is 4.90 Å². The van der Waals surface area contributed by atoms with E-state index in [1.807, 2.05) is 13.8 Å². The number of amides is 1. The van der Waals surface area contributed by atoms with Crippen LogP contribution in [-0.4, -0.2) is 51.9 Å². The van der Waals surface area contributed by atoms with Gasteiger partial charge in [-0.1, -0.05) is 24.9 Å². The molecule has 1 aromatic carbocycles. The van der Waals surface area contributed by atoms with Gasteiger partial charge in [0.2, 0.25) is 10.0 Å². The van der Waals surface area contributed by atoms with Gasteiger partial charge in [-0.15, -0.1) is 0 Å². The largest absolute Gasteiger partial charge is 0.452 e. The first kappa shape index (κ1) is 21.4. The molecule has 0 fully saturated rings. The summed E-state index contributed by atoms with van der Waals surface area (Å²) in [5.74, 6) is -1.08. The monoisotopic (exact) mass is 390 g/mol. The van der Waals surface area contributed by atoms with E-state index in [4.69, 9.17) is 16.3 Å². The minimum Gasteiger partial charge on any atom is -0.452 e. The number of nitrogens with zero attached hydrogens (tertiary/aromatic N) is 1. The van der Waals surface area contributed by atoms with Crippen LogP contribution in [0.3, 0.4) is 0 Å². The number of esters is 1. The van der Waals surface area contributed by atoms with Crippen LogP contribution in [0.1, 0.15) is 37.0 Å². The lowest BCUT2D eigenvalue weighted by Gasteiger charge is -2.20. The molecule has 0 bridgehead atoms. The lowest BCUT2D eigenvalue weighted by atomic mass is 10.2. The quantitative estimate of drug-likeness (QED) is 0.651. The molecular formula is C16H23ClN2O5S. The Labute approximate surface area is 153 Å². The fraction of sp³-hybridized carbons (Fsp3) is 0.500. The first-order chi connectivity index (χ1) is 11.8. The summed E-state index contributed by atoms with van der Waals surface area (Å²) in [7, 11) is -2.57. The van der Waals surface area contributed by atoms with Crippen LogP contribution in [0, 0.1) is 0 Å². The van der Waals surface area contributed by atoms with Crippen molar-refractivity contribution in [1.82, 2.24) is 9.62 Å². The molecule has 0 unspecified atom stereocenters. The first-order valence-corrected chi connectivity index (χ1v) is 9.80. The molecule has 0 aliphatic rings. The van der Waals surface area contributed by atoms with Crippen LogP contribution < -0.4 is 4.72 Å². The van der Waals surface area contributed by atoms with E-state index in [2.05, 4.69) is 4.72 Å². The predicted molar refractivity (Wildman–Crippen MR) is 95.1 cm³/mol. The number of sulfonamides is 1. The van der Waals surface area contributed by atoms with Gasteiger partial charge >= 0.3 is 5.97 Å². The maximum absolute atomic E-state index is 12.1. The van der Waals surface area contributed by atoms with Crippen molar-refractivity contribution in [3.8, 4) is 0 Å². The summed E-state index contributed by atoms with van der Waals surface area (Å²) >= 11 is 5.87. The summed E-state index contributed by atoms with van der Waals surface area (Å²) < 4.78 is 30.9. The van der Waals surface area contributed by atoms with E-state index >= 15 is 0 Å². The predicted octanol–water partition coefficient (Wildman–Crippen LogP) is 2.05. The number of hydrogen-bond acceptors (Lipinski definition) is 5. The molecule has 0 atom stereocenters. The Kier molecular flexibility index (Phi) is 8.34. The van der Waals surface area contributed by atoms with Crippen LogP contribution in [-0.2, 0) is 19.6 Å². The maximum atomic E-state index is 12.1. The number of carbonyl (C=O) groups is 2. The molecule has 25 heavy (non-hydrogen) atoms. The molecule has 1 aromatic rings. The summed E-state index contributed by atoms with van der Waals surface area (Å²) in [6.45, 7) is 4.61. The highest BCUT2D eigenvalue weighted by atomic mass is 35.5. The van der Waals surface area contributed by atoms with Gasteiger partial charge in [0.05, 0.1) is 10.6 Å². The highest BCUT2D eigenvalue weighted by Crippen LogP contribution is 2.22. The van der Waals surface area contributed by atoms with Crippen molar-refractivity contribution in [3.05, 3.63) is 28.8 Å². The third-order valence-electron chi connectivity index (χ3n) is 3.57. The maximum Gasteiger partial charge on any atom is 0.338 e. The Morgan fingerprint density at radius 2 is 1.96 bits per heavy atom. The molecule has 0 aliphatic heterocycles. The van der Waals surface area contributed by atoms with E-state index < -0.39 is 22.6 Å². The molecule has 9 heteroatoms. The smallest absolute Gasteiger partial charge is 0.338 e. The van der Waals surface area contributed by atoms with Crippen LogP contribution >= 0.6 is 11.6 Å². The molecular weight excluding hydrogens is 368 g/mol. The van der Waals surface area contributed by atoms with E-state index in [-0.39, 0.29) is 21.4 Å². The molecule has 1 amide bonds. The molecule has 0 spiro atoms. The van der Waals surface area contributed by atoms with Gasteiger partial charge in [-0.2, -0.15) is 0 Å². The Bertz CT molecular complexity index is 721. The minimum atomic E-state index is -3.81. The number of carbonyl (C=O) groups excluding carboxylic acids is 2. The fourth-order valence-electron chi connectivity index (χ4n) is 2.06. The van der Waals surface area contributed by atoms with E-state index in [1.165, 1.54) is 19.2 Å². The van der Waals surface area contributed by atoms with Crippen molar-refractivity contribution in [2.45, 2.75) is 31.6 Å². The fourth-order valence-corrected chi connectivity index (χ4v) is 3.31. The summed E-state index contributed by atoms with van der Waals surface area (Å²) in [5, 5.41) is -0.0151. The van der Waals surface area contributed by atoms with Crippen LogP contribution in [0.15, 0.2) is 23.1 Å². The molecule has 0 aromatic heterocycles. The molecule has 140 valence electrons. The second kappa shape index (κ2) is 9.74. The van der Waals surface area contributed by atoms with Gasteiger partial charge < -0.3 is 9.64 Å². The minimum absolute atomic E-state index is 0.00244. The number of likely N-dealkylation sites (N-methyl/N-ethyl adjacent to an activating group) is 1. The van der Waals surface area contributed by atoms with Crippen LogP contribution in [0.5, 0.6) is 0 Å². The third kappa shape index (κ3) is 5.98. The second-order valence-electron chi connectivity index (χ2n) is 5.26. The normalized spacial score (nSPS) is 11.2. The Morgan fingerprint density at radius 3 is 2.52 bits per heavy atom. The highest BCUT2D eigenvalue weighted by Gasteiger charge is 2.20. The topological polar surface area (TPSA) is 92.8 Å². The summed E-state index contributed by atoms with van der Waals surface area (Å²) in [6, 6.07) is 3.76. The van der Waals surface area contributed by atoms with Crippen molar-refractivity contribution in [2.24, 2.45) is 0 Å². The van der Waals surface area contributed by atoms with Gasteiger partial charge in [-0.3, -0.25) is 4.79 Å². The zero-order chi connectivity index (χ0) is 19.0. The number of benzene rings is 1. The zero-order valence-corrected chi connectivity index (χ0v) is 16.1. The Morgan fingerprint density at radius 1 is 1.28 bits per heavy atom. The van der Waals surface area contributed by atoms with Gasteiger partial charge in [0.15, 0.2) is 6.61 Å². The number of hydrogen-bond donors (Lipinski definition) is 1. The summed E-state index contributed by atoms with van der Waals surface area (Å²) in [4.78, 5) is 25.5. The van der Waals surface area contributed by atoms with E-state index in [0.29, 0.717) is 13.1 Å². The Balaban J connectivity index is 2.82. The standard InChI is InChI=1S/C16H23ClN2O5S/c1-4-6-9-19(5-2)15(20)11-24-16(21)12-7-8-13(17)14(10-12)25(22,23)18-3/h7-8,10,18H,4-6,9,11H2,1-3H3. The van der Waals surface area contributed by atoms with E-state index in [9.17, 15) is 18.0 Å². The van der Waals surface area contributed by atoms with Gasteiger partial charge in [-0.05, 0) is 38.6 Å². The SMILES string of the molecule is CCCCN(CC)C(=O)COC(=O)c1ccc(Cl)c(S(=O)(=O)NC)c1. The number of halogens is 1. The molecule has 1 N–H and O–H groups in total. The third-order valence-corrected chi connectivity index (χ3v) is 5.46. The van der Waals surface area contributed by atoms with Crippen LogP contribution in [0.25, 0.3) is 0 Å². The second-order valence-corrected chi connectivity index (χ2v) is 7.52. The average molecular weight is 391 g/mol. The zero-order valence-electron chi connectivity index (χ0n) is 14.5. The van der Waals surface area contributed by atoms with Gasteiger partial charge in [0, 0.05) is 13.1 Å². The molecule has 0 saturated carbocycles. The van der Waals surface area contributed by atoms with Crippen molar-refractivity contribution < 1.29 is 22.7 Å². The highest BCUT2D eigenvalue weighted by molar-refractivity contribution is 7.89. The molecule has 0 aliphatic carbocycles. The van der Waals surface area contributed by atoms with Crippen molar-refractivity contribution >= 4 is 33.5 Å². The molecule has 1 rings (SSSR count). The molecule has 0 saturated heterocycles. The molecule has 7 nitrogen and oxygen atoms in total.